The number of nitrogens with zero attached hydrogens (tertiary/aromatic N) is 3. The summed E-state index contributed by atoms with van der Waals surface area (Å²) in [7, 11) is 1.62. The van der Waals surface area contributed by atoms with Crippen LogP contribution in [0.1, 0.15) is 32.6 Å². The van der Waals surface area contributed by atoms with Crippen LogP contribution in [-0.4, -0.2) is 39.6 Å². The first-order valence-corrected chi connectivity index (χ1v) is 11.6. The van der Waals surface area contributed by atoms with Crippen LogP contribution in [0.2, 0.25) is 0 Å². The normalized spacial score (nSPS) is 18.8. The van der Waals surface area contributed by atoms with Gasteiger partial charge in [0.25, 0.3) is 0 Å². The second kappa shape index (κ2) is 9.60. The average molecular weight is 441 g/mol. The van der Waals surface area contributed by atoms with Gasteiger partial charge in [-0.25, -0.2) is 0 Å². The quantitative estimate of drug-likeness (QED) is 0.405. The molecule has 1 N–H and O–H groups in total. The third-order valence-electron chi connectivity index (χ3n) is 5.77. The van der Waals surface area contributed by atoms with Gasteiger partial charge in [-0.2, -0.15) is 0 Å². The zero-order chi connectivity index (χ0) is 21.8. The number of hydrogen-bond acceptors (Lipinski definition) is 6. The van der Waals surface area contributed by atoms with Gasteiger partial charge in [-0.15, -0.1) is 16.8 Å². The highest BCUT2D eigenvalue weighted by molar-refractivity contribution is 7.99. The molecule has 0 spiro atoms. The SMILES string of the molecule is C=CCn1c(SCC(=O)N[C@H]2CCCC[C@H]2C)nnc1-c1cc2cccc(OC)c2o1. The van der Waals surface area contributed by atoms with Crippen molar-refractivity contribution in [2.45, 2.75) is 50.4 Å². The second-order valence-electron chi connectivity index (χ2n) is 7.92. The maximum atomic E-state index is 12.5. The Morgan fingerprint density at radius 3 is 3.00 bits per heavy atom. The third kappa shape index (κ3) is 4.63. The van der Waals surface area contributed by atoms with E-state index < -0.39 is 0 Å². The summed E-state index contributed by atoms with van der Waals surface area (Å²) < 4.78 is 13.4. The molecule has 0 unspecified atom stereocenters. The Balaban J connectivity index is 1.51. The molecule has 0 radical (unpaired) electrons. The summed E-state index contributed by atoms with van der Waals surface area (Å²) >= 11 is 1.38. The topological polar surface area (TPSA) is 82.2 Å². The molecular weight excluding hydrogens is 412 g/mol. The fraction of sp³-hybridized carbons (Fsp3) is 0.435. The summed E-state index contributed by atoms with van der Waals surface area (Å²) in [6.07, 6.45) is 6.45. The van der Waals surface area contributed by atoms with Crippen LogP contribution in [0.25, 0.3) is 22.6 Å². The first kappa shape index (κ1) is 21.5. The number of aromatic nitrogens is 3. The van der Waals surface area contributed by atoms with Crippen LogP contribution in [0, 0.1) is 5.92 Å². The van der Waals surface area contributed by atoms with Gasteiger partial charge in [-0.3, -0.25) is 9.36 Å². The molecule has 1 saturated carbocycles. The molecule has 31 heavy (non-hydrogen) atoms. The van der Waals surface area contributed by atoms with E-state index in [9.17, 15) is 4.79 Å². The lowest BCUT2D eigenvalue weighted by molar-refractivity contribution is -0.119. The number of furan rings is 1. The molecule has 7 nitrogen and oxygen atoms in total. The summed E-state index contributed by atoms with van der Waals surface area (Å²) in [5.41, 5.74) is 0.670. The minimum atomic E-state index is 0.0342. The Morgan fingerprint density at radius 1 is 1.39 bits per heavy atom. The molecule has 0 bridgehead atoms. The third-order valence-corrected chi connectivity index (χ3v) is 6.73. The number of ether oxygens (including phenoxy) is 1. The number of thioether (sulfide) groups is 1. The van der Waals surface area contributed by atoms with Crippen molar-refractivity contribution in [3.8, 4) is 17.3 Å². The fourth-order valence-electron chi connectivity index (χ4n) is 4.09. The van der Waals surface area contributed by atoms with Crippen molar-refractivity contribution in [1.29, 1.82) is 0 Å². The highest BCUT2D eigenvalue weighted by Gasteiger charge is 2.24. The van der Waals surface area contributed by atoms with Crippen molar-refractivity contribution in [3.63, 3.8) is 0 Å². The molecule has 1 amide bonds. The molecule has 8 heteroatoms. The molecule has 2 aromatic heterocycles. The minimum Gasteiger partial charge on any atom is -0.493 e. The van der Waals surface area contributed by atoms with Crippen molar-refractivity contribution in [2.24, 2.45) is 5.92 Å². The van der Waals surface area contributed by atoms with Crippen molar-refractivity contribution >= 4 is 28.6 Å². The van der Waals surface area contributed by atoms with Gasteiger partial charge >= 0.3 is 0 Å². The fourth-order valence-corrected chi connectivity index (χ4v) is 4.85. The number of allylic oxidation sites excluding steroid dienone is 1. The second-order valence-corrected chi connectivity index (χ2v) is 8.86. The van der Waals surface area contributed by atoms with Gasteiger partial charge in [-0.1, -0.05) is 49.7 Å². The first-order chi connectivity index (χ1) is 15.1. The van der Waals surface area contributed by atoms with Gasteiger partial charge in [-0.05, 0) is 30.9 Å². The standard InChI is InChI=1S/C23H28N4O3S/c1-4-12-27-22(19-13-16-9-7-11-18(29-3)21(16)30-19)25-26-23(27)31-14-20(28)24-17-10-6-5-8-15(17)2/h4,7,9,11,13,15,17H,1,5-6,8,10,12,14H2,2-3H3,(H,24,28)/t15-,17+/m1/s1. The van der Waals surface area contributed by atoms with Crippen LogP contribution in [0.5, 0.6) is 5.75 Å². The van der Waals surface area contributed by atoms with Gasteiger partial charge in [0, 0.05) is 18.0 Å². The van der Waals surface area contributed by atoms with Crippen LogP contribution >= 0.6 is 11.8 Å². The van der Waals surface area contributed by atoms with E-state index in [2.05, 4.69) is 29.0 Å². The number of nitrogens with one attached hydrogen (secondary N) is 1. The van der Waals surface area contributed by atoms with Crippen LogP contribution in [0.4, 0.5) is 0 Å². The molecule has 1 aromatic carbocycles. The predicted octanol–water partition coefficient (Wildman–Crippen LogP) is 4.67. The Hall–Kier alpha value is -2.74. The van der Waals surface area contributed by atoms with Gasteiger partial charge in [0.1, 0.15) is 0 Å². The molecule has 3 aromatic rings. The smallest absolute Gasteiger partial charge is 0.230 e. The van der Waals surface area contributed by atoms with E-state index in [1.165, 1.54) is 31.0 Å². The zero-order valence-corrected chi connectivity index (χ0v) is 18.8. The number of carbonyl (C=O) groups excluding carboxylic acids is 1. The number of para-hydroxylation sites is 1. The number of rotatable bonds is 8. The highest BCUT2D eigenvalue weighted by atomic mass is 32.2. The predicted molar refractivity (Wildman–Crippen MR) is 122 cm³/mol. The van der Waals surface area contributed by atoms with Crippen molar-refractivity contribution in [3.05, 3.63) is 36.9 Å². The van der Waals surface area contributed by atoms with E-state index in [0.717, 1.165) is 11.8 Å². The lowest BCUT2D eigenvalue weighted by atomic mass is 9.86. The minimum absolute atomic E-state index is 0.0342. The van der Waals surface area contributed by atoms with E-state index >= 15 is 0 Å². The summed E-state index contributed by atoms with van der Waals surface area (Å²) in [4.78, 5) is 12.5. The van der Waals surface area contributed by atoms with Crippen LogP contribution in [0.15, 0.2) is 46.5 Å². The van der Waals surface area contributed by atoms with Crippen molar-refractivity contribution in [1.82, 2.24) is 20.1 Å². The Kier molecular flexibility index (Phi) is 6.65. The molecule has 1 aliphatic carbocycles. The highest BCUT2D eigenvalue weighted by Crippen LogP contribution is 2.34. The number of carbonyl (C=O) groups is 1. The first-order valence-electron chi connectivity index (χ1n) is 10.6. The number of amides is 1. The van der Waals surface area contributed by atoms with Gasteiger partial charge in [0.15, 0.2) is 22.2 Å². The summed E-state index contributed by atoms with van der Waals surface area (Å²) in [6.45, 7) is 6.58. The summed E-state index contributed by atoms with van der Waals surface area (Å²) in [6, 6.07) is 7.94. The van der Waals surface area contributed by atoms with E-state index in [1.54, 1.807) is 13.2 Å². The maximum absolute atomic E-state index is 12.5. The molecule has 4 rings (SSSR count). The Morgan fingerprint density at radius 2 is 2.23 bits per heavy atom. The number of benzene rings is 1. The number of fused-ring (bicyclic) bond motifs is 1. The summed E-state index contributed by atoms with van der Waals surface area (Å²) in [5.74, 6) is 2.73. The van der Waals surface area contributed by atoms with Crippen LogP contribution in [0.3, 0.4) is 0 Å². The van der Waals surface area contributed by atoms with Gasteiger partial charge in [0.05, 0.1) is 12.9 Å². The molecule has 1 fully saturated rings. The van der Waals surface area contributed by atoms with E-state index in [-0.39, 0.29) is 11.9 Å². The summed E-state index contributed by atoms with van der Waals surface area (Å²) in [5, 5.41) is 13.4. The molecule has 2 atom stereocenters. The van der Waals surface area contributed by atoms with E-state index in [4.69, 9.17) is 9.15 Å². The molecule has 1 aliphatic rings. The maximum Gasteiger partial charge on any atom is 0.230 e. The van der Waals surface area contributed by atoms with Crippen LogP contribution in [-0.2, 0) is 11.3 Å². The van der Waals surface area contributed by atoms with Crippen molar-refractivity contribution in [2.75, 3.05) is 12.9 Å². The molecular formula is C23H28N4O3S. The molecule has 0 saturated heterocycles. The number of methoxy groups -OCH3 is 1. The lowest BCUT2D eigenvalue weighted by Gasteiger charge is -2.29. The van der Waals surface area contributed by atoms with Crippen LogP contribution < -0.4 is 10.1 Å². The molecule has 164 valence electrons. The van der Waals surface area contributed by atoms with Gasteiger partial charge < -0.3 is 14.5 Å². The molecule has 2 heterocycles. The Bertz CT molecular complexity index is 1070. The van der Waals surface area contributed by atoms with E-state index in [1.807, 2.05) is 28.8 Å². The van der Waals surface area contributed by atoms with Crippen molar-refractivity contribution < 1.29 is 13.9 Å². The monoisotopic (exact) mass is 440 g/mol. The number of hydrogen-bond donors (Lipinski definition) is 1. The molecule has 0 aliphatic heterocycles. The van der Waals surface area contributed by atoms with Gasteiger partial charge in [0.2, 0.25) is 11.7 Å². The lowest BCUT2D eigenvalue weighted by Crippen LogP contribution is -2.41. The largest absolute Gasteiger partial charge is 0.493 e. The average Bonchev–Trinajstić information content (AvgIpc) is 3.38. The zero-order valence-electron chi connectivity index (χ0n) is 18.0. The van der Waals surface area contributed by atoms with E-state index in [0.29, 0.717) is 46.3 Å². The Labute approximate surface area is 186 Å².